The van der Waals surface area contributed by atoms with Gasteiger partial charge in [-0.2, -0.15) is 0 Å². The molecule has 2 atom stereocenters. The van der Waals surface area contributed by atoms with Crippen molar-refractivity contribution in [3.8, 4) is 5.75 Å². The van der Waals surface area contributed by atoms with Gasteiger partial charge in [0.15, 0.2) is 0 Å². The van der Waals surface area contributed by atoms with Crippen LogP contribution in [0.3, 0.4) is 0 Å². The Labute approximate surface area is 114 Å². The number of aliphatic hydroxyl groups excluding tert-OH is 1. The lowest BCUT2D eigenvalue weighted by Crippen LogP contribution is -2.30. The first-order chi connectivity index (χ1) is 9.31. The van der Waals surface area contributed by atoms with Gasteiger partial charge >= 0.3 is 0 Å². The van der Waals surface area contributed by atoms with E-state index in [9.17, 15) is 5.11 Å². The van der Waals surface area contributed by atoms with Crippen LogP contribution in [0.25, 0.3) is 0 Å². The summed E-state index contributed by atoms with van der Waals surface area (Å²) in [5, 5.41) is 16.3. The summed E-state index contributed by atoms with van der Waals surface area (Å²) in [6.45, 7) is 7.30. The molecule has 104 valence electrons. The van der Waals surface area contributed by atoms with Gasteiger partial charge in [-0.3, -0.25) is 0 Å². The van der Waals surface area contributed by atoms with Crippen LogP contribution in [0, 0.1) is 5.92 Å². The summed E-state index contributed by atoms with van der Waals surface area (Å²) in [5.74, 6) is 1.18. The summed E-state index contributed by atoms with van der Waals surface area (Å²) in [7, 11) is 0. The molecule has 1 saturated heterocycles. The van der Waals surface area contributed by atoms with Crippen LogP contribution in [0.5, 0.6) is 5.75 Å². The van der Waals surface area contributed by atoms with Gasteiger partial charge in [0, 0.05) is 37.7 Å². The number of para-hydroxylation sites is 1. The molecule has 19 heavy (non-hydrogen) atoms. The molecule has 0 aliphatic carbocycles. The van der Waals surface area contributed by atoms with Crippen LogP contribution < -0.4 is 15.4 Å². The fourth-order valence-corrected chi connectivity index (χ4v) is 2.26. The number of ether oxygens (including phenoxy) is 1. The molecule has 0 bridgehead atoms. The molecule has 1 heterocycles. The third-order valence-corrected chi connectivity index (χ3v) is 3.36. The average Bonchev–Trinajstić information content (AvgIpc) is 2.83. The number of β-amino-alcohol motifs (C(OH)–C–C–N with tert-alkyl or cyclic N) is 1. The Morgan fingerprint density at radius 3 is 3.00 bits per heavy atom. The molecule has 2 rings (SSSR count). The maximum Gasteiger partial charge on any atom is 0.124 e. The van der Waals surface area contributed by atoms with Crippen molar-refractivity contribution in [3.05, 3.63) is 42.5 Å². The summed E-state index contributed by atoms with van der Waals surface area (Å²) in [6.07, 6.45) is 1.50. The molecule has 1 aliphatic heterocycles. The van der Waals surface area contributed by atoms with Crippen LogP contribution in [-0.2, 0) is 6.54 Å². The van der Waals surface area contributed by atoms with E-state index in [-0.39, 0.29) is 6.10 Å². The Kier molecular flexibility index (Phi) is 5.39. The van der Waals surface area contributed by atoms with Crippen molar-refractivity contribution in [2.75, 3.05) is 26.2 Å². The number of hydrogen-bond donors (Lipinski definition) is 3. The highest BCUT2D eigenvalue weighted by atomic mass is 16.5. The van der Waals surface area contributed by atoms with Crippen LogP contribution in [-0.4, -0.2) is 37.5 Å². The SMILES string of the molecule is C=CCOc1ccccc1CNCC1CNCC1O. The van der Waals surface area contributed by atoms with Crippen LogP contribution in [0.15, 0.2) is 36.9 Å². The Morgan fingerprint density at radius 2 is 2.26 bits per heavy atom. The van der Waals surface area contributed by atoms with Crippen molar-refractivity contribution >= 4 is 0 Å². The lowest BCUT2D eigenvalue weighted by molar-refractivity contribution is 0.146. The maximum absolute atomic E-state index is 9.72. The minimum Gasteiger partial charge on any atom is -0.489 e. The van der Waals surface area contributed by atoms with Gasteiger partial charge in [0.25, 0.3) is 0 Å². The van der Waals surface area contributed by atoms with Crippen molar-refractivity contribution in [1.82, 2.24) is 10.6 Å². The quantitative estimate of drug-likeness (QED) is 0.640. The van der Waals surface area contributed by atoms with Gasteiger partial charge in [-0.05, 0) is 6.07 Å². The first-order valence-electron chi connectivity index (χ1n) is 6.72. The predicted molar refractivity (Wildman–Crippen MR) is 76.2 cm³/mol. The summed E-state index contributed by atoms with van der Waals surface area (Å²) in [5.41, 5.74) is 1.13. The molecule has 0 radical (unpaired) electrons. The van der Waals surface area contributed by atoms with E-state index in [4.69, 9.17) is 4.74 Å². The van der Waals surface area contributed by atoms with Gasteiger partial charge in [0.2, 0.25) is 0 Å². The Morgan fingerprint density at radius 1 is 1.42 bits per heavy atom. The smallest absolute Gasteiger partial charge is 0.124 e. The van der Waals surface area contributed by atoms with Crippen LogP contribution in [0.4, 0.5) is 0 Å². The largest absolute Gasteiger partial charge is 0.489 e. The van der Waals surface area contributed by atoms with E-state index in [2.05, 4.69) is 23.3 Å². The lowest BCUT2D eigenvalue weighted by atomic mass is 10.1. The molecule has 1 aliphatic rings. The number of hydrogen-bond acceptors (Lipinski definition) is 4. The van der Waals surface area contributed by atoms with E-state index in [1.165, 1.54) is 0 Å². The molecule has 0 saturated carbocycles. The predicted octanol–water partition coefficient (Wildman–Crippen LogP) is 0.921. The molecule has 1 aromatic rings. The third kappa shape index (κ3) is 4.06. The average molecular weight is 262 g/mol. The highest BCUT2D eigenvalue weighted by Crippen LogP contribution is 2.18. The molecule has 0 aromatic heterocycles. The van der Waals surface area contributed by atoms with Crippen molar-refractivity contribution in [2.24, 2.45) is 5.92 Å². The molecule has 1 aromatic carbocycles. The zero-order chi connectivity index (χ0) is 13.5. The van der Waals surface area contributed by atoms with Gasteiger partial charge < -0.3 is 20.5 Å². The molecular weight excluding hydrogens is 240 g/mol. The fraction of sp³-hybridized carbons (Fsp3) is 0.467. The van der Waals surface area contributed by atoms with Crippen molar-refractivity contribution in [3.63, 3.8) is 0 Å². The molecule has 1 fully saturated rings. The summed E-state index contributed by atoms with van der Waals surface area (Å²) < 4.78 is 5.61. The topological polar surface area (TPSA) is 53.5 Å². The molecule has 4 nitrogen and oxygen atoms in total. The van der Waals surface area contributed by atoms with Crippen molar-refractivity contribution < 1.29 is 9.84 Å². The van der Waals surface area contributed by atoms with Crippen molar-refractivity contribution in [2.45, 2.75) is 12.6 Å². The van der Waals surface area contributed by atoms with E-state index in [1.807, 2.05) is 18.2 Å². The van der Waals surface area contributed by atoms with E-state index < -0.39 is 0 Å². The molecule has 0 spiro atoms. The van der Waals surface area contributed by atoms with Crippen LogP contribution in [0.2, 0.25) is 0 Å². The highest BCUT2D eigenvalue weighted by Gasteiger charge is 2.24. The fourth-order valence-electron chi connectivity index (χ4n) is 2.26. The number of nitrogens with one attached hydrogen (secondary N) is 2. The number of aliphatic hydroxyl groups is 1. The minimum atomic E-state index is -0.236. The third-order valence-electron chi connectivity index (χ3n) is 3.36. The van der Waals surface area contributed by atoms with Crippen LogP contribution >= 0.6 is 0 Å². The molecule has 3 N–H and O–H groups in total. The molecule has 4 heteroatoms. The maximum atomic E-state index is 9.72. The van der Waals surface area contributed by atoms with Crippen LogP contribution in [0.1, 0.15) is 5.56 Å². The monoisotopic (exact) mass is 262 g/mol. The minimum absolute atomic E-state index is 0.236. The van der Waals surface area contributed by atoms with Gasteiger partial charge in [0.05, 0.1) is 6.10 Å². The lowest BCUT2D eigenvalue weighted by Gasteiger charge is -2.15. The Balaban J connectivity index is 1.83. The van der Waals surface area contributed by atoms with Gasteiger partial charge in [-0.25, -0.2) is 0 Å². The zero-order valence-electron chi connectivity index (χ0n) is 11.1. The van der Waals surface area contributed by atoms with Gasteiger partial charge in [0.1, 0.15) is 12.4 Å². The second-order valence-corrected chi connectivity index (χ2v) is 4.82. The van der Waals surface area contributed by atoms with E-state index in [0.29, 0.717) is 19.1 Å². The number of rotatable bonds is 7. The Hall–Kier alpha value is -1.36. The van der Waals surface area contributed by atoms with Gasteiger partial charge in [-0.1, -0.05) is 30.9 Å². The summed E-state index contributed by atoms with van der Waals surface area (Å²) >= 11 is 0. The molecule has 0 amide bonds. The highest BCUT2D eigenvalue weighted by molar-refractivity contribution is 5.33. The normalized spacial score (nSPS) is 22.4. The first kappa shape index (κ1) is 14.1. The zero-order valence-corrected chi connectivity index (χ0v) is 11.1. The molecular formula is C15H22N2O2. The first-order valence-corrected chi connectivity index (χ1v) is 6.72. The Bertz CT molecular complexity index is 409. The standard InChI is InChI=1S/C15H22N2O2/c1-2-7-19-15-6-4-3-5-12(15)8-16-9-13-10-17-11-14(13)18/h2-6,13-14,16-18H,1,7-11H2. The number of benzene rings is 1. The van der Waals surface area contributed by atoms with Gasteiger partial charge in [-0.15, -0.1) is 0 Å². The summed E-state index contributed by atoms with van der Waals surface area (Å²) in [4.78, 5) is 0. The van der Waals surface area contributed by atoms with E-state index in [0.717, 1.165) is 30.9 Å². The van der Waals surface area contributed by atoms with E-state index in [1.54, 1.807) is 6.08 Å². The molecule has 2 unspecified atom stereocenters. The summed E-state index contributed by atoms with van der Waals surface area (Å²) in [6, 6.07) is 7.98. The van der Waals surface area contributed by atoms with E-state index >= 15 is 0 Å². The second kappa shape index (κ2) is 7.28. The van der Waals surface area contributed by atoms with Crippen molar-refractivity contribution in [1.29, 1.82) is 0 Å². The second-order valence-electron chi connectivity index (χ2n) is 4.82.